The summed E-state index contributed by atoms with van der Waals surface area (Å²) >= 11 is 0. The summed E-state index contributed by atoms with van der Waals surface area (Å²) in [5, 5.41) is 4.26. The number of aldehydes is 1. The molecule has 0 spiro atoms. The second-order valence-electron chi connectivity index (χ2n) is 8.54. The Morgan fingerprint density at radius 2 is 1.67 bits per heavy atom. The van der Waals surface area contributed by atoms with E-state index >= 15 is 0 Å². The van der Waals surface area contributed by atoms with E-state index in [4.69, 9.17) is 4.74 Å². The summed E-state index contributed by atoms with van der Waals surface area (Å²) in [5.41, 5.74) is 2.50. The van der Waals surface area contributed by atoms with E-state index < -0.39 is 9.84 Å². The van der Waals surface area contributed by atoms with Crippen LogP contribution in [-0.2, 0) is 26.5 Å². The lowest BCUT2D eigenvalue weighted by Crippen LogP contribution is -2.39. The van der Waals surface area contributed by atoms with E-state index in [2.05, 4.69) is 5.10 Å². The zero-order chi connectivity index (χ0) is 23.4. The molecule has 0 radical (unpaired) electrons. The van der Waals surface area contributed by atoms with Gasteiger partial charge >= 0.3 is 0 Å². The first-order valence-corrected chi connectivity index (χ1v) is 12.5. The van der Waals surface area contributed by atoms with Crippen LogP contribution in [0.5, 0.6) is 5.75 Å². The van der Waals surface area contributed by atoms with E-state index in [1.807, 2.05) is 24.3 Å². The van der Waals surface area contributed by atoms with Gasteiger partial charge in [0.25, 0.3) is 5.91 Å². The molecule has 2 aliphatic rings. The van der Waals surface area contributed by atoms with Crippen molar-refractivity contribution in [3.8, 4) is 11.4 Å². The molecule has 1 aromatic heterocycles. The Morgan fingerprint density at radius 3 is 2.21 bits per heavy atom. The molecule has 1 aliphatic carbocycles. The highest BCUT2D eigenvalue weighted by molar-refractivity contribution is 7.90. The maximum Gasteiger partial charge on any atom is 0.277 e. The zero-order valence-electron chi connectivity index (χ0n) is 18.3. The lowest BCUT2D eigenvalue weighted by atomic mass is 9.97. The summed E-state index contributed by atoms with van der Waals surface area (Å²) in [5.74, 6) is 0.318. The van der Waals surface area contributed by atoms with Gasteiger partial charge < -0.3 is 14.4 Å². The standard InChI is InChI=1S/C24H23N3O5S/c1-32-19-9-7-18(8-10-19)27-21-20(22(25-27)33(2,30)31)11-14-26(23(21)29)17-5-3-16(4-6-17)24(15-28)12-13-24/h3-10,15H,11-14H2,1-2H3. The van der Waals surface area contributed by atoms with E-state index in [9.17, 15) is 18.0 Å². The van der Waals surface area contributed by atoms with Crippen LogP contribution in [0.1, 0.15) is 34.5 Å². The van der Waals surface area contributed by atoms with Crippen LogP contribution < -0.4 is 9.64 Å². The quantitative estimate of drug-likeness (QED) is 0.519. The molecule has 1 aliphatic heterocycles. The number of carbonyl (C=O) groups is 2. The fraction of sp³-hybridized carbons (Fsp3) is 0.292. The van der Waals surface area contributed by atoms with Gasteiger partial charge in [-0.25, -0.2) is 13.1 Å². The summed E-state index contributed by atoms with van der Waals surface area (Å²) in [6.07, 6.45) is 4.15. The second-order valence-corrected chi connectivity index (χ2v) is 10.5. The molecule has 0 unspecified atom stereocenters. The Labute approximate surface area is 191 Å². The normalized spacial score (nSPS) is 16.9. The first-order chi connectivity index (χ1) is 15.8. The van der Waals surface area contributed by atoms with Crippen molar-refractivity contribution in [3.05, 3.63) is 65.4 Å². The first kappa shape index (κ1) is 21.4. The van der Waals surface area contributed by atoms with E-state index in [0.717, 1.165) is 30.9 Å². The summed E-state index contributed by atoms with van der Waals surface area (Å²) in [6, 6.07) is 14.4. The van der Waals surface area contributed by atoms with Crippen molar-refractivity contribution in [1.29, 1.82) is 0 Å². The predicted molar refractivity (Wildman–Crippen MR) is 122 cm³/mol. The van der Waals surface area contributed by atoms with Gasteiger partial charge in [-0.3, -0.25) is 4.79 Å². The molecule has 1 amide bonds. The molecule has 3 aromatic rings. The van der Waals surface area contributed by atoms with Crippen LogP contribution in [-0.4, -0.2) is 50.3 Å². The number of methoxy groups -OCH3 is 1. The first-order valence-electron chi connectivity index (χ1n) is 10.6. The van der Waals surface area contributed by atoms with Crippen molar-refractivity contribution < 1.29 is 22.7 Å². The largest absolute Gasteiger partial charge is 0.497 e. The fourth-order valence-electron chi connectivity index (χ4n) is 4.37. The van der Waals surface area contributed by atoms with Gasteiger partial charge in [-0.2, -0.15) is 5.10 Å². The Balaban J connectivity index is 1.57. The average Bonchev–Trinajstić information content (AvgIpc) is 3.51. The lowest BCUT2D eigenvalue weighted by molar-refractivity contribution is -0.109. The van der Waals surface area contributed by atoms with Gasteiger partial charge in [0, 0.05) is 24.1 Å². The van der Waals surface area contributed by atoms with Gasteiger partial charge in [0.2, 0.25) is 0 Å². The molecule has 0 saturated heterocycles. The number of benzene rings is 2. The number of rotatable bonds is 6. The lowest BCUT2D eigenvalue weighted by Gasteiger charge is -2.28. The zero-order valence-corrected chi connectivity index (χ0v) is 19.1. The molecule has 33 heavy (non-hydrogen) atoms. The summed E-state index contributed by atoms with van der Waals surface area (Å²) in [6.45, 7) is 0.334. The van der Waals surface area contributed by atoms with Gasteiger partial charge in [-0.15, -0.1) is 0 Å². The van der Waals surface area contributed by atoms with Crippen molar-refractivity contribution in [2.24, 2.45) is 0 Å². The van der Waals surface area contributed by atoms with Crippen molar-refractivity contribution in [3.63, 3.8) is 0 Å². The SMILES string of the molecule is COc1ccc(-n2nc(S(C)(=O)=O)c3c2C(=O)N(c2ccc(C4(C=O)CC4)cc2)CC3)cc1. The fourth-order valence-corrected chi connectivity index (χ4v) is 5.24. The number of anilines is 1. The smallest absolute Gasteiger partial charge is 0.277 e. The van der Waals surface area contributed by atoms with Gasteiger partial charge in [0.1, 0.15) is 17.7 Å². The van der Waals surface area contributed by atoms with E-state index in [1.54, 1.807) is 36.3 Å². The number of carbonyl (C=O) groups excluding carboxylic acids is 2. The molecule has 2 aromatic carbocycles. The van der Waals surface area contributed by atoms with Crippen LogP contribution in [0.3, 0.4) is 0 Å². The van der Waals surface area contributed by atoms with Crippen molar-refractivity contribution >= 4 is 27.7 Å². The average molecular weight is 466 g/mol. The Kier molecular flexibility index (Phi) is 4.89. The van der Waals surface area contributed by atoms with Crippen molar-refractivity contribution in [1.82, 2.24) is 9.78 Å². The summed E-state index contributed by atoms with van der Waals surface area (Å²) < 4.78 is 31.4. The van der Waals surface area contributed by atoms with Crippen LogP contribution in [0.15, 0.2) is 53.6 Å². The van der Waals surface area contributed by atoms with Gasteiger partial charge in [0.15, 0.2) is 14.9 Å². The second kappa shape index (κ2) is 7.55. The molecule has 9 heteroatoms. The number of sulfone groups is 1. The summed E-state index contributed by atoms with van der Waals surface area (Å²) in [7, 11) is -2.07. The van der Waals surface area contributed by atoms with Gasteiger partial charge in [-0.05, 0) is 61.2 Å². The number of fused-ring (bicyclic) bond motifs is 1. The topological polar surface area (TPSA) is 98.6 Å². The third-order valence-electron chi connectivity index (χ3n) is 6.42. The minimum Gasteiger partial charge on any atom is -0.497 e. The minimum absolute atomic E-state index is 0.0710. The Morgan fingerprint density at radius 1 is 1.03 bits per heavy atom. The van der Waals surface area contributed by atoms with E-state index in [1.165, 1.54) is 4.68 Å². The number of amides is 1. The molecule has 2 heterocycles. The van der Waals surface area contributed by atoms with Gasteiger partial charge in [0.05, 0.1) is 18.2 Å². The Hall–Kier alpha value is -3.46. The molecular formula is C24H23N3O5S. The maximum absolute atomic E-state index is 13.6. The molecule has 8 nitrogen and oxygen atoms in total. The monoisotopic (exact) mass is 465 g/mol. The van der Waals surface area contributed by atoms with E-state index in [0.29, 0.717) is 35.7 Å². The molecular weight excluding hydrogens is 442 g/mol. The van der Waals surface area contributed by atoms with Gasteiger partial charge in [-0.1, -0.05) is 12.1 Å². The van der Waals surface area contributed by atoms with Crippen LogP contribution >= 0.6 is 0 Å². The molecule has 170 valence electrons. The third kappa shape index (κ3) is 3.52. The van der Waals surface area contributed by atoms with Crippen LogP contribution in [0.25, 0.3) is 5.69 Å². The van der Waals surface area contributed by atoms with Crippen molar-refractivity contribution in [2.75, 3.05) is 24.8 Å². The third-order valence-corrected chi connectivity index (χ3v) is 7.45. The van der Waals surface area contributed by atoms with Crippen LogP contribution in [0.4, 0.5) is 5.69 Å². The Bertz CT molecular complexity index is 1350. The van der Waals surface area contributed by atoms with Crippen LogP contribution in [0.2, 0.25) is 0 Å². The minimum atomic E-state index is -3.63. The number of ether oxygens (including phenoxy) is 1. The van der Waals surface area contributed by atoms with E-state index in [-0.39, 0.29) is 22.0 Å². The molecule has 1 fully saturated rings. The molecule has 0 bridgehead atoms. The molecule has 0 atom stereocenters. The molecule has 0 N–H and O–H groups in total. The maximum atomic E-state index is 13.6. The highest BCUT2D eigenvalue weighted by Crippen LogP contribution is 2.46. The number of hydrogen-bond donors (Lipinski definition) is 0. The number of nitrogens with zero attached hydrogens (tertiary/aromatic N) is 3. The highest BCUT2D eigenvalue weighted by atomic mass is 32.2. The summed E-state index contributed by atoms with van der Waals surface area (Å²) in [4.78, 5) is 26.7. The van der Waals surface area contributed by atoms with Crippen molar-refractivity contribution in [2.45, 2.75) is 29.7 Å². The predicted octanol–water partition coefficient (Wildman–Crippen LogP) is 2.72. The molecule has 1 saturated carbocycles. The van der Waals surface area contributed by atoms with Crippen LogP contribution in [0, 0.1) is 0 Å². The number of aromatic nitrogens is 2. The molecule has 5 rings (SSSR count). The highest BCUT2D eigenvalue weighted by Gasteiger charge is 2.44. The number of hydrogen-bond acceptors (Lipinski definition) is 6.